The average molecular weight is 396 g/mol. The van der Waals surface area contributed by atoms with Crippen molar-refractivity contribution >= 4 is 15.8 Å². The van der Waals surface area contributed by atoms with E-state index in [9.17, 15) is 0 Å². The summed E-state index contributed by atoms with van der Waals surface area (Å²) in [6.07, 6.45) is 10.9. The maximum Gasteiger partial charge on any atom is 0.0784 e. The normalized spacial score (nSPS) is 17.3. The lowest BCUT2D eigenvalue weighted by Crippen LogP contribution is -2.28. The summed E-state index contributed by atoms with van der Waals surface area (Å²) in [4.78, 5) is 0. The van der Waals surface area contributed by atoms with Crippen molar-refractivity contribution < 1.29 is 0 Å². The van der Waals surface area contributed by atoms with Gasteiger partial charge in [-0.05, 0) is 20.6 Å². The molecule has 0 radical (unpaired) electrons. The highest BCUT2D eigenvalue weighted by molar-refractivity contribution is 7.61. The molecule has 0 aromatic carbocycles. The SMILES string of the molecule is CC(C)(C)P(CC1=C[CH+]C=C(CP(C(C)(C)C)C(C)(C)C)C1)C(C)(C)C. The highest BCUT2D eigenvalue weighted by atomic mass is 31.1. The Labute approximate surface area is 168 Å². The molecule has 0 amide bonds. The van der Waals surface area contributed by atoms with Crippen molar-refractivity contribution in [2.24, 2.45) is 0 Å². The Morgan fingerprint density at radius 1 is 0.615 bits per heavy atom. The van der Waals surface area contributed by atoms with Gasteiger partial charge in [-0.1, -0.05) is 98.9 Å². The Hall–Kier alpha value is 0.210. The van der Waals surface area contributed by atoms with Crippen LogP contribution in [-0.2, 0) is 0 Å². The van der Waals surface area contributed by atoms with Gasteiger partial charge in [0.1, 0.15) is 0 Å². The Bertz CT molecular complexity index is 449. The molecule has 0 atom stereocenters. The molecule has 0 aliphatic heterocycles. The fourth-order valence-electron chi connectivity index (χ4n) is 4.31. The Kier molecular flexibility index (Phi) is 7.73. The molecule has 1 rings (SSSR count). The molecule has 0 aromatic rings. The first-order valence-electron chi connectivity index (χ1n) is 10.2. The predicted octanol–water partition coefficient (Wildman–Crippen LogP) is 8.60. The summed E-state index contributed by atoms with van der Waals surface area (Å²) in [5.74, 6) is 0. The maximum absolute atomic E-state index is 2.44. The van der Waals surface area contributed by atoms with E-state index in [0.717, 1.165) is 0 Å². The lowest BCUT2D eigenvalue weighted by atomic mass is 10.0. The van der Waals surface area contributed by atoms with Gasteiger partial charge < -0.3 is 0 Å². The Morgan fingerprint density at radius 2 is 0.885 bits per heavy atom. The molecular formula is C24H45P2+. The Morgan fingerprint density at radius 3 is 1.12 bits per heavy atom. The van der Waals surface area contributed by atoms with Gasteiger partial charge in [0.2, 0.25) is 0 Å². The molecule has 2 heteroatoms. The predicted molar refractivity (Wildman–Crippen MR) is 128 cm³/mol. The van der Waals surface area contributed by atoms with Crippen LogP contribution in [0.4, 0.5) is 0 Å². The van der Waals surface area contributed by atoms with Gasteiger partial charge in [-0.15, -0.1) is 0 Å². The molecule has 0 heterocycles. The molecule has 1 aliphatic carbocycles. The first-order chi connectivity index (χ1) is 11.4. The third-order valence-electron chi connectivity index (χ3n) is 5.08. The van der Waals surface area contributed by atoms with Crippen LogP contribution in [0, 0.1) is 6.42 Å². The molecule has 0 nitrogen and oxygen atoms in total. The topological polar surface area (TPSA) is 0 Å². The molecule has 150 valence electrons. The first kappa shape index (κ1) is 24.2. The number of hydrogen-bond acceptors (Lipinski definition) is 0. The van der Waals surface area contributed by atoms with Crippen molar-refractivity contribution in [1.29, 1.82) is 0 Å². The van der Waals surface area contributed by atoms with E-state index < -0.39 is 0 Å². The van der Waals surface area contributed by atoms with E-state index in [-0.39, 0.29) is 15.8 Å². The summed E-state index contributed by atoms with van der Waals surface area (Å²) in [7, 11) is -0.121. The fourth-order valence-corrected chi connectivity index (χ4v) is 11.5. The molecule has 0 aromatic heterocycles. The van der Waals surface area contributed by atoms with Crippen molar-refractivity contribution in [3.63, 3.8) is 0 Å². The van der Waals surface area contributed by atoms with Gasteiger partial charge in [-0.3, -0.25) is 0 Å². The number of allylic oxidation sites excluding steroid dienone is 4. The average Bonchev–Trinajstić information content (AvgIpc) is 2.37. The minimum atomic E-state index is -0.0604. The van der Waals surface area contributed by atoms with Crippen LogP contribution in [0.25, 0.3) is 0 Å². The smallest absolute Gasteiger partial charge is 0.0780 e. The molecular weight excluding hydrogens is 350 g/mol. The summed E-state index contributed by atoms with van der Waals surface area (Å²) in [6.45, 7) is 29.2. The summed E-state index contributed by atoms with van der Waals surface area (Å²) >= 11 is 0. The van der Waals surface area contributed by atoms with E-state index in [1.54, 1.807) is 11.1 Å². The standard InChI is InChI=1S/C24H45P2/c1-21(2,3)25(22(4,5)6)17-19-14-13-15-20(16-19)18-26(23(7,8)9)24(10,11)12/h13-15H,16-18H2,1-12H3/q+1. The monoisotopic (exact) mass is 395 g/mol. The quantitative estimate of drug-likeness (QED) is 0.330. The van der Waals surface area contributed by atoms with Crippen LogP contribution in [0.3, 0.4) is 0 Å². The van der Waals surface area contributed by atoms with Gasteiger partial charge in [0.05, 0.1) is 6.42 Å². The minimum Gasteiger partial charge on any atom is -0.0780 e. The van der Waals surface area contributed by atoms with E-state index in [2.05, 4.69) is 102 Å². The first-order valence-corrected chi connectivity index (χ1v) is 13.2. The van der Waals surface area contributed by atoms with Crippen molar-refractivity contribution in [1.82, 2.24) is 0 Å². The van der Waals surface area contributed by atoms with Crippen LogP contribution in [0.15, 0.2) is 23.3 Å². The second-order valence-electron chi connectivity index (χ2n) is 11.9. The van der Waals surface area contributed by atoms with Crippen LogP contribution < -0.4 is 0 Å². The van der Waals surface area contributed by atoms with Crippen molar-refractivity contribution in [2.45, 2.75) is 110 Å². The lowest BCUT2D eigenvalue weighted by Gasteiger charge is -2.42. The largest absolute Gasteiger partial charge is 0.0784 e. The third kappa shape index (κ3) is 7.32. The highest BCUT2D eigenvalue weighted by Gasteiger charge is 2.38. The molecule has 0 N–H and O–H groups in total. The van der Waals surface area contributed by atoms with Gasteiger partial charge in [0, 0.05) is 42.0 Å². The summed E-state index contributed by atoms with van der Waals surface area (Å²) in [5, 5.41) is 1.61. The fraction of sp³-hybridized carbons (Fsp3) is 0.792. The van der Waals surface area contributed by atoms with E-state index in [4.69, 9.17) is 0 Å². The van der Waals surface area contributed by atoms with Crippen LogP contribution in [-0.4, -0.2) is 32.9 Å². The molecule has 0 saturated heterocycles. The van der Waals surface area contributed by atoms with Crippen molar-refractivity contribution in [2.75, 3.05) is 12.3 Å². The van der Waals surface area contributed by atoms with Crippen LogP contribution in [0.2, 0.25) is 0 Å². The van der Waals surface area contributed by atoms with Crippen LogP contribution in [0.5, 0.6) is 0 Å². The molecule has 0 saturated carbocycles. The molecule has 0 spiro atoms. The zero-order chi connectivity index (χ0) is 20.6. The summed E-state index contributed by atoms with van der Waals surface area (Å²) < 4.78 is 0. The summed E-state index contributed by atoms with van der Waals surface area (Å²) in [6, 6.07) is 0. The summed E-state index contributed by atoms with van der Waals surface area (Å²) in [5.41, 5.74) is 3.33. The van der Waals surface area contributed by atoms with Crippen molar-refractivity contribution in [3.8, 4) is 0 Å². The number of hydrogen-bond donors (Lipinski definition) is 0. The molecule has 1 aliphatic rings. The van der Waals surface area contributed by atoms with Gasteiger partial charge in [0.15, 0.2) is 0 Å². The maximum atomic E-state index is 2.44. The van der Waals surface area contributed by atoms with E-state index in [1.165, 1.54) is 18.7 Å². The lowest BCUT2D eigenvalue weighted by molar-refractivity contribution is 0.703. The van der Waals surface area contributed by atoms with Gasteiger partial charge in [-0.2, -0.15) is 0 Å². The second-order valence-corrected chi connectivity index (χ2v) is 19.6. The van der Waals surface area contributed by atoms with Gasteiger partial charge in [-0.25, -0.2) is 0 Å². The second kappa shape index (κ2) is 8.29. The number of rotatable bonds is 4. The highest BCUT2D eigenvalue weighted by Crippen LogP contribution is 2.62. The van der Waals surface area contributed by atoms with Gasteiger partial charge >= 0.3 is 0 Å². The van der Waals surface area contributed by atoms with Crippen molar-refractivity contribution in [3.05, 3.63) is 29.7 Å². The third-order valence-corrected chi connectivity index (χ3v) is 13.0. The molecule has 0 bridgehead atoms. The molecule has 0 fully saturated rings. The molecule has 26 heavy (non-hydrogen) atoms. The van der Waals surface area contributed by atoms with Gasteiger partial charge in [0.25, 0.3) is 0 Å². The zero-order valence-electron chi connectivity index (χ0n) is 19.7. The van der Waals surface area contributed by atoms with E-state index in [1.807, 2.05) is 0 Å². The van der Waals surface area contributed by atoms with E-state index in [0.29, 0.717) is 20.6 Å². The zero-order valence-corrected chi connectivity index (χ0v) is 21.5. The van der Waals surface area contributed by atoms with Crippen LogP contribution in [0.1, 0.15) is 89.5 Å². The van der Waals surface area contributed by atoms with E-state index >= 15 is 0 Å². The Balaban J connectivity index is 2.90. The minimum absolute atomic E-state index is 0.0604. The molecule has 0 unspecified atom stereocenters. The van der Waals surface area contributed by atoms with Crippen LogP contribution >= 0.6 is 15.8 Å².